The van der Waals surface area contributed by atoms with Gasteiger partial charge in [0.2, 0.25) is 5.91 Å². The number of hydrogen-bond acceptors (Lipinski definition) is 5. The van der Waals surface area contributed by atoms with Gasteiger partial charge in [0.05, 0.1) is 22.4 Å². The van der Waals surface area contributed by atoms with E-state index in [2.05, 4.69) is 34.3 Å². The third kappa shape index (κ3) is 6.96. The molecule has 0 spiro atoms. The average Bonchev–Trinajstić information content (AvgIpc) is 3.24. The number of aromatic nitrogens is 3. The van der Waals surface area contributed by atoms with Crippen LogP contribution in [0.2, 0.25) is 5.02 Å². The smallest absolute Gasteiger partial charge is 0.253 e. The minimum Gasteiger partial charge on any atom is -0.342 e. The van der Waals surface area contributed by atoms with Crippen molar-refractivity contribution in [3.63, 3.8) is 0 Å². The highest BCUT2D eigenvalue weighted by Crippen LogP contribution is 2.26. The highest BCUT2D eigenvalue weighted by atomic mass is 35.5. The number of benzene rings is 2. The standard InChI is InChI=1S/C26H30ClN5O2S/c1-5-15-32-24(23(17(3)4)29-25(34)20-9-7-8-10-21(20)27)30-31-26(32)35-16-22(33)28-19-13-11-18(6-2)12-14-19/h5,7-14,17,23H,1,6,15-16H2,2-4H3,(H,28,33)(H,29,34). The molecule has 1 unspecified atom stereocenters. The Kier molecular flexibility index (Phi) is 9.51. The number of thioether (sulfide) groups is 1. The fraction of sp³-hybridized carbons (Fsp3) is 0.308. The number of carbonyl (C=O) groups is 2. The van der Waals surface area contributed by atoms with Gasteiger partial charge in [0.1, 0.15) is 0 Å². The van der Waals surface area contributed by atoms with Gasteiger partial charge in [-0.2, -0.15) is 0 Å². The van der Waals surface area contributed by atoms with Crippen molar-refractivity contribution < 1.29 is 9.59 Å². The summed E-state index contributed by atoms with van der Waals surface area (Å²) >= 11 is 7.49. The molecule has 3 aromatic rings. The monoisotopic (exact) mass is 511 g/mol. The number of nitrogens with zero attached hydrogens (tertiary/aromatic N) is 3. The van der Waals surface area contributed by atoms with Crippen LogP contribution in [0.5, 0.6) is 0 Å². The minimum absolute atomic E-state index is 0.0291. The van der Waals surface area contributed by atoms with Gasteiger partial charge in [-0.05, 0) is 42.2 Å². The van der Waals surface area contributed by atoms with E-state index in [9.17, 15) is 9.59 Å². The molecule has 0 aliphatic rings. The lowest BCUT2D eigenvalue weighted by molar-refractivity contribution is -0.113. The first-order chi connectivity index (χ1) is 16.8. The summed E-state index contributed by atoms with van der Waals surface area (Å²) in [4.78, 5) is 25.4. The Hall–Kier alpha value is -3.10. The summed E-state index contributed by atoms with van der Waals surface area (Å²) in [6.07, 6.45) is 2.68. The molecule has 0 aliphatic carbocycles. The van der Waals surface area contributed by atoms with Crippen LogP contribution in [-0.4, -0.2) is 32.3 Å². The van der Waals surface area contributed by atoms with Gasteiger partial charge in [-0.15, -0.1) is 16.8 Å². The van der Waals surface area contributed by atoms with Crippen LogP contribution in [-0.2, 0) is 17.8 Å². The van der Waals surface area contributed by atoms with E-state index in [1.807, 2.05) is 42.7 Å². The summed E-state index contributed by atoms with van der Waals surface area (Å²) in [7, 11) is 0. The minimum atomic E-state index is -0.411. The van der Waals surface area contributed by atoms with E-state index in [-0.39, 0.29) is 23.5 Å². The topological polar surface area (TPSA) is 88.9 Å². The number of amides is 2. The number of hydrogen-bond donors (Lipinski definition) is 2. The number of allylic oxidation sites excluding steroid dienone is 1. The van der Waals surface area contributed by atoms with Crippen LogP contribution in [0.1, 0.15) is 48.6 Å². The van der Waals surface area contributed by atoms with Crippen molar-refractivity contribution in [3.8, 4) is 0 Å². The highest BCUT2D eigenvalue weighted by Gasteiger charge is 2.27. The van der Waals surface area contributed by atoms with Crippen molar-refractivity contribution in [2.45, 2.75) is 44.9 Å². The molecular weight excluding hydrogens is 482 g/mol. The number of halogens is 1. The second-order valence-corrected chi connectivity index (χ2v) is 9.65. The molecule has 2 N–H and O–H groups in total. The van der Waals surface area contributed by atoms with Crippen molar-refractivity contribution >= 4 is 40.9 Å². The van der Waals surface area contributed by atoms with Gasteiger partial charge in [0.15, 0.2) is 11.0 Å². The largest absolute Gasteiger partial charge is 0.342 e. The van der Waals surface area contributed by atoms with Gasteiger partial charge in [-0.25, -0.2) is 0 Å². The second-order valence-electron chi connectivity index (χ2n) is 8.30. The predicted molar refractivity (Wildman–Crippen MR) is 142 cm³/mol. The second kappa shape index (κ2) is 12.6. The fourth-order valence-corrected chi connectivity index (χ4v) is 4.46. The molecular formula is C26H30ClN5O2S. The summed E-state index contributed by atoms with van der Waals surface area (Å²) in [5.74, 6) is 0.370. The molecule has 184 valence electrons. The molecule has 1 heterocycles. The van der Waals surface area contributed by atoms with Crippen molar-refractivity contribution in [2.75, 3.05) is 11.1 Å². The molecule has 0 radical (unpaired) electrons. The molecule has 0 bridgehead atoms. The molecule has 2 amide bonds. The summed E-state index contributed by atoms with van der Waals surface area (Å²) in [6.45, 7) is 10.4. The van der Waals surface area contributed by atoms with Crippen LogP contribution >= 0.6 is 23.4 Å². The molecule has 0 fully saturated rings. The van der Waals surface area contributed by atoms with Crippen molar-refractivity contribution in [3.05, 3.63) is 83.2 Å². The molecule has 0 saturated carbocycles. The Morgan fingerprint density at radius 2 is 1.86 bits per heavy atom. The van der Waals surface area contributed by atoms with Gasteiger partial charge < -0.3 is 15.2 Å². The van der Waals surface area contributed by atoms with Crippen molar-refractivity contribution in [1.29, 1.82) is 0 Å². The van der Waals surface area contributed by atoms with Gasteiger partial charge in [-0.3, -0.25) is 9.59 Å². The number of nitrogens with one attached hydrogen (secondary N) is 2. The first-order valence-electron chi connectivity index (χ1n) is 11.4. The molecule has 9 heteroatoms. The summed E-state index contributed by atoms with van der Waals surface area (Å²) < 4.78 is 1.87. The quantitative estimate of drug-likeness (QED) is 0.261. The van der Waals surface area contributed by atoms with Crippen LogP contribution < -0.4 is 10.6 Å². The zero-order valence-corrected chi connectivity index (χ0v) is 21.7. The maximum Gasteiger partial charge on any atom is 0.253 e. The number of rotatable bonds is 11. The maximum atomic E-state index is 12.9. The molecule has 0 aliphatic heterocycles. The number of carbonyl (C=O) groups excluding carboxylic acids is 2. The zero-order chi connectivity index (χ0) is 25.4. The fourth-order valence-electron chi connectivity index (χ4n) is 3.48. The summed E-state index contributed by atoms with van der Waals surface area (Å²) in [6, 6.07) is 14.3. The average molecular weight is 512 g/mol. The maximum absolute atomic E-state index is 12.9. The summed E-state index contributed by atoms with van der Waals surface area (Å²) in [5, 5.41) is 15.6. The van der Waals surface area contributed by atoms with Crippen LogP contribution in [0.15, 0.2) is 66.3 Å². The van der Waals surface area contributed by atoms with Crippen LogP contribution in [0.25, 0.3) is 0 Å². The lowest BCUT2D eigenvalue weighted by atomic mass is 10.0. The molecule has 2 aromatic carbocycles. The number of aryl methyl sites for hydroxylation is 1. The van der Waals surface area contributed by atoms with E-state index in [4.69, 9.17) is 11.6 Å². The van der Waals surface area contributed by atoms with Crippen LogP contribution in [0.4, 0.5) is 5.69 Å². The zero-order valence-electron chi connectivity index (χ0n) is 20.1. The van der Waals surface area contributed by atoms with Gasteiger partial charge in [0.25, 0.3) is 5.91 Å². The molecule has 1 atom stereocenters. The SMILES string of the molecule is C=CCn1c(SCC(=O)Nc2ccc(CC)cc2)nnc1C(NC(=O)c1ccccc1Cl)C(C)C. The van der Waals surface area contributed by atoms with Gasteiger partial charge in [0, 0.05) is 12.2 Å². The molecule has 0 saturated heterocycles. The molecule has 7 nitrogen and oxygen atoms in total. The third-order valence-electron chi connectivity index (χ3n) is 5.39. The van der Waals surface area contributed by atoms with E-state index < -0.39 is 6.04 Å². The first-order valence-corrected chi connectivity index (χ1v) is 12.8. The number of anilines is 1. The molecule has 3 rings (SSSR count). The normalized spacial score (nSPS) is 11.8. The van der Waals surface area contributed by atoms with E-state index in [0.717, 1.165) is 12.1 Å². The Balaban J connectivity index is 1.74. The lowest BCUT2D eigenvalue weighted by Crippen LogP contribution is -2.34. The van der Waals surface area contributed by atoms with E-state index in [1.54, 1.807) is 30.3 Å². The summed E-state index contributed by atoms with van der Waals surface area (Å²) in [5.41, 5.74) is 2.36. The highest BCUT2D eigenvalue weighted by molar-refractivity contribution is 7.99. The van der Waals surface area contributed by atoms with Crippen molar-refractivity contribution in [2.24, 2.45) is 5.92 Å². The van der Waals surface area contributed by atoms with E-state index in [0.29, 0.717) is 28.1 Å². The third-order valence-corrected chi connectivity index (χ3v) is 6.68. The lowest BCUT2D eigenvalue weighted by Gasteiger charge is -2.23. The molecule has 1 aromatic heterocycles. The molecule has 35 heavy (non-hydrogen) atoms. The Morgan fingerprint density at radius 1 is 1.14 bits per heavy atom. The Labute approximate surface area is 215 Å². The van der Waals surface area contributed by atoms with Gasteiger partial charge >= 0.3 is 0 Å². The van der Waals surface area contributed by atoms with E-state index >= 15 is 0 Å². The van der Waals surface area contributed by atoms with Crippen LogP contribution in [0, 0.1) is 5.92 Å². The van der Waals surface area contributed by atoms with E-state index in [1.165, 1.54) is 17.3 Å². The van der Waals surface area contributed by atoms with Crippen molar-refractivity contribution in [1.82, 2.24) is 20.1 Å². The predicted octanol–water partition coefficient (Wildman–Crippen LogP) is 5.54. The van der Waals surface area contributed by atoms with Crippen LogP contribution in [0.3, 0.4) is 0 Å². The van der Waals surface area contributed by atoms with Gasteiger partial charge in [-0.1, -0.05) is 74.5 Å². The first kappa shape index (κ1) is 26.5. The Bertz CT molecular complexity index is 1180. The Morgan fingerprint density at radius 3 is 2.49 bits per heavy atom.